The molecule has 0 aliphatic rings. The molecule has 0 unspecified atom stereocenters. The van der Waals surface area contributed by atoms with Crippen molar-refractivity contribution in [3.8, 4) is 18.0 Å². The summed E-state index contributed by atoms with van der Waals surface area (Å²) in [6.07, 6.45) is 8.75. The summed E-state index contributed by atoms with van der Waals surface area (Å²) in [6, 6.07) is 7.87. The van der Waals surface area contributed by atoms with Crippen molar-refractivity contribution in [2.24, 2.45) is 0 Å². The summed E-state index contributed by atoms with van der Waals surface area (Å²) in [5, 5.41) is 4.15. The molecule has 2 aromatic rings. The largest absolute Gasteiger partial charge is 0.240 e. The van der Waals surface area contributed by atoms with E-state index in [1.165, 1.54) is 0 Å². The van der Waals surface area contributed by atoms with E-state index in [9.17, 15) is 0 Å². The third kappa shape index (κ3) is 1.70. The van der Waals surface area contributed by atoms with Gasteiger partial charge < -0.3 is 0 Å². The molecule has 68 valence electrons. The van der Waals surface area contributed by atoms with Crippen LogP contribution in [-0.2, 0) is 0 Å². The van der Waals surface area contributed by atoms with Crippen LogP contribution in [0, 0.1) is 12.3 Å². The van der Waals surface area contributed by atoms with Crippen molar-refractivity contribution >= 4 is 15.9 Å². The number of rotatable bonds is 1. The zero-order chi connectivity index (χ0) is 9.97. The minimum Gasteiger partial charge on any atom is -0.240 e. The Morgan fingerprint density at radius 2 is 2.00 bits per heavy atom. The first-order chi connectivity index (χ1) is 6.79. The van der Waals surface area contributed by atoms with Crippen molar-refractivity contribution in [1.29, 1.82) is 0 Å². The van der Waals surface area contributed by atoms with Gasteiger partial charge in [0, 0.05) is 10.7 Å². The van der Waals surface area contributed by atoms with Gasteiger partial charge in [0.15, 0.2) is 0 Å². The summed E-state index contributed by atoms with van der Waals surface area (Å²) in [4.78, 5) is 0. The molecule has 0 saturated heterocycles. The molecule has 0 saturated carbocycles. The Hall–Kier alpha value is -1.53. The highest BCUT2D eigenvalue weighted by Gasteiger charge is 1.97. The SMILES string of the molecule is C#Cc1cnn(-c2ccc(Br)cc2)c1. The monoisotopic (exact) mass is 246 g/mol. The third-order valence-electron chi connectivity index (χ3n) is 1.84. The maximum absolute atomic E-state index is 5.25. The van der Waals surface area contributed by atoms with Crippen molar-refractivity contribution in [1.82, 2.24) is 9.78 Å². The summed E-state index contributed by atoms with van der Waals surface area (Å²) in [5.41, 5.74) is 1.78. The van der Waals surface area contributed by atoms with E-state index >= 15 is 0 Å². The standard InChI is InChI=1S/C11H7BrN2/c1-2-9-7-13-14(8-9)11-5-3-10(12)4-6-11/h1,3-8H. The lowest BCUT2D eigenvalue weighted by Crippen LogP contribution is -1.92. The van der Waals surface area contributed by atoms with Crippen molar-refractivity contribution in [3.05, 3.63) is 46.7 Å². The Bertz CT molecular complexity index is 477. The van der Waals surface area contributed by atoms with Crippen molar-refractivity contribution in [3.63, 3.8) is 0 Å². The quantitative estimate of drug-likeness (QED) is 0.708. The molecule has 1 heterocycles. The minimum atomic E-state index is 0.785. The molecule has 14 heavy (non-hydrogen) atoms. The molecule has 0 fully saturated rings. The summed E-state index contributed by atoms with van der Waals surface area (Å²) in [5.74, 6) is 2.54. The van der Waals surface area contributed by atoms with E-state index in [4.69, 9.17) is 6.42 Å². The van der Waals surface area contributed by atoms with E-state index < -0.39 is 0 Å². The Balaban J connectivity index is 2.40. The molecule has 0 N–H and O–H groups in total. The summed E-state index contributed by atoms with van der Waals surface area (Å²) >= 11 is 3.37. The Morgan fingerprint density at radius 3 is 2.57 bits per heavy atom. The van der Waals surface area contributed by atoms with Crippen molar-refractivity contribution in [2.45, 2.75) is 0 Å². The lowest BCUT2D eigenvalue weighted by molar-refractivity contribution is 0.880. The molecule has 0 spiro atoms. The molecule has 1 aromatic heterocycles. The first kappa shape index (κ1) is 9.04. The smallest absolute Gasteiger partial charge is 0.0651 e. The first-order valence-electron chi connectivity index (χ1n) is 4.07. The van der Waals surface area contributed by atoms with Crippen LogP contribution in [0.2, 0.25) is 0 Å². The van der Waals surface area contributed by atoms with Gasteiger partial charge in [-0.05, 0) is 24.3 Å². The highest BCUT2D eigenvalue weighted by atomic mass is 79.9. The number of terminal acetylenes is 1. The third-order valence-corrected chi connectivity index (χ3v) is 2.37. The fourth-order valence-electron chi connectivity index (χ4n) is 1.13. The van der Waals surface area contributed by atoms with Crippen LogP contribution in [-0.4, -0.2) is 9.78 Å². The first-order valence-corrected chi connectivity index (χ1v) is 4.86. The van der Waals surface area contributed by atoms with Crippen LogP contribution in [0.3, 0.4) is 0 Å². The second kappa shape index (κ2) is 3.69. The molecule has 0 bridgehead atoms. The molecular weight excluding hydrogens is 240 g/mol. The predicted octanol–water partition coefficient (Wildman–Crippen LogP) is 2.62. The van der Waals surface area contributed by atoms with E-state index in [2.05, 4.69) is 26.9 Å². The number of hydrogen-bond donors (Lipinski definition) is 0. The van der Waals surface area contributed by atoms with E-state index in [1.807, 2.05) is 30.5 Å². The predicted molar refractivity (Wildman–Crippen MR) is 59.2 cm³/mol. The van der Waals surface area contributed by atoms with E-state index in [-0.39, 0.29) is 0 Å². The molecule has 2 nitrogen and oxygen atoms in total. The van der Waals surface area contributed by atoms with Crippen LogP contribution >= 0.6 is 15.9 Å². The minimum absolute atomic E-state index is 0.785. The molecular formula is C11H7BrN2. The van der Waals surface area contributed by atoms with Gasteiger partial charge in [-0.1, -0.05) is 21.9 Å². The highest BCUT2D eigenvalue weighted by molar-refractivity contribution is 9.10. The zero-order valence-electron chi connectivity index (χ0n) is 7.31. The van der Waals surface area contributed by atoms with Gasteiger partial charge in [0.05, 0.1) is 17.4 Å². The maximum atomic E-state index is 5.25. The molecule has 3 heteroatoms. The van der Waals surface area contributed by atoms with Gasteiger partial charge in [0.1, 0.15) is 0 Å². The summed E-state index contributed by atoms with van der Waals surface area (Å²) in [7, 11) is 0. The number of aromatic nitrogens is 2. The molecule has 0 radical (unpaired) electrons. The molecule has 0 amide bonds. The van der Waals surface area contributed by atoms with Crippen molar-refractivity contribution in [2.75, 3.05) is 0 Å². The van der Waals surface area contributed by atoms with Gasteiger partial charge in [0.25, 0.3) is 0 Å². The summed E-state index contributed by atoms with van der Waals surface area (Å²) in [6.45, 7) is 0. The molecule has 2 rings (SSSR count). The van der Waals surface area contributed by atoms with Gasteiger partial charge in [-0.2, -0.15) is 5.10 Å². The van der Waals surface area contributed by atoms with Gasteiger partial charge >= 0.3 is 0 Å². The lowest BCUT2D eigenvalue weighted by Gasteiger charge is -1.99. The number of nitrogens with zero attached hydrogens (tertiary/aromatic N) is 2. The topological polar surface area (TPSA) is 17.8 Å². The van der Waals surface area contributed by atoms with Crippen LogP contribution in [0.1, 0.15) is 5.56 Å². The van der Waals surface area contributed by atoms with E-state index in [0.717, 1.165) is 15.7 Å². The maximum Gasteiger partial charge on any atom is 0.0651 e. The molecule has 1 aromatic carbocycles. The van der Waals surface area contributed by atoms with Crippen LogP contribution in [0.5, 0.6) is 0 Å². The normalized spacial score (nSPS) is 9.71. The zero-order valence-corrected chi connectivity index (χ0v) is 8.90. The number of halogens is 1. The Labute approximate surface area is 90.7 Å². The van der Waals surface area contributed by atoms with Crippen LogP contribution < -0.4 is 0 Å². The Morgan fingerprint density at radius 1 is 1.29 bits per heavy atom. The number of benzene rings is 1. The lowest BCUT2D eigenvalue weighted by atomic mass is 10.3. The Kier molecular flexibility index (Phi) is 2.38. The molecule has 0 aliphatic carbocycles. The average molecular weight is 247 g/mol. The second-order valence-electron chi connectivity index (χ2n) is 2.79. The highest BCUT2D eigenvalue weighted by Crippen LogP contribution is 2.13. The number of hydrogen-bond acceptors (Lipinski definition) is 1. The van der Waals surface area contributed by atoms with Crippen molar-refractivity contribution < 1.29 is 0 Å². The van der Waals surface area contributed by atoms with E-state index in [1.54, 1.807) is 10.9 Å². The second-order valence-corrected chi connectivity index (χ2v) is 3.71. The van der Waals surface area contributed by atoms with Gasteiger partial charge in [-0.3, -0.25) is 0 Å². The fourth-order valence-corrected chi connectivity index (χ4v) is 1.40. The van der Waals surface area contributed by atoms with Gasteiger partial charge in [-0.15, -0.1) is 6.42 Å². The van der Waals surface area contributed by atoms with Crippen LogP contribution in [0.4, 0.5) is 0 Å². The van der Waals surface area contributed by atoms with Gasteiger partial charge in [-0.25, -0.2) is 4.68 Å². The molecule has 0 aliphatic heterocycles. The van der Waals surface area contributed by atoms with E-state index in [0.29, 0.717) is 0 Å². The summed E-state index contributed by atoms with van der Waals surface area (Å²) < 4.78 is 2.80. The van der Waals surface area contributed by atoms with Crippen LogP contribution in [0.25, 0.3) is 5.69 Å². The average Bonchev–Trinajstić information content (AvgIpc) is 2.67. The van der Waals surface area contributed by atoms with Crippen LogP contribution in [0.15, 0.2) is 41.1 Å². The van der Waals surface area contributed by atoms with Gasteiger partial charge in [0.2, 0.25) is 0 Å². The fraction of sp³-hybridized carbons (Fsp3) is 0. The molecule has 0 atom stereocenters.